The monoisotopic (exact) mass is 413 g/mol. The number of benzene rings is 1. The van der Waals surface area contributed by atoms with Gasteiger partial charge in [-0.15, -0.1) is 0 Å². The molecule has 3 rings (SSSR count). The summed E-state index contributed by atoms with van der Waals surface area (Å²) in [6.07, 6.45) is 1.43. The number of aryl methyl sites for hydroxylation is 2. The highest BCUT2D eigenvalue weighted by molar-refractivity contribution is 9.12. The molecule has 3 nitrogen and oxygen atoms in total. The molecule has 1 saturated carbocycles. The second-order valence-corrected chi connectivity index (χ2v) is 8.37. The van der Waals surface area contributed by atoms with E-state index in [0.29, 0.717) is 12.8 Å². The fraction of sp³-hybridized carbons (Fsp3) is 0.500. The Morgan fingerprint density at radius 3 is 2.05 bits per heavy atom. The molecule has 1 aromatic rings. The van der Waals surface area contributed by atoms with Crippen LogP contribution in [0.4, 0.5) is 5.69 Å². The molecular weight excluding hydrogens is 398 g/mol. The van der Waals surface area contributed by atoms with E-state index in [0.717, 1.165) is 16.8 Å². The van der Waals surface area contributed by atoms with Crippen molar-refractivity contribution in [2.75, 3.05) is 4.90 Å². The summed E-state index contributed by atoms with van der Waals surface area (Å²) in [6, 6.07) is 5.90. The lowest BCUT2D eigenvalue weighted by Crippen LogP contribution is -2.34. The number of nitrogens with zero attached hydrogens (tertiary/aromatic N) is 1. The molecule has 1 aromatic carbocycles. The van der Waals surface area contributed by atoms with Gasteiger partial charge in [-0.2, -0.15) is 0 Å². The second-order valence-electron chi connectivity index (χ2n) is 6.02. The van der Waals surface area contributed by atoms with Gasteiger partial charge in [-0.3, -0.25) is 9.59 Å². The lowest BCUT2D eigenvalue weighted by Gasteiger charge is -2.29. The highest BCUT2D eigenvalue weighted by Gasteiger charge is 2.52. The van der Waals surface area contributed by atoms with Crippen molar-refractivity contribution in [3.05, 3.63) is 29.3 Å². The summed E-state index contributed by atoms with van der Waals surface area (Å²) < 4.78 is 0. The third-order valence-electron chi connectivity index (χ3n) is 4.52. The number of hydrogen-bond donors (Lipinski definition) is 0. The summed E-state index contributed by atoms with van der Waals surface area (Å²) in [4.78, 5) is 27.4. The Morgan fingerprint density at radius 1 is 1.00 bits per heavy atom. The smallest absolute Gasteiger partial charge is 0.237 e. The van der Waals surface area contributed by atoms with Gasteiger partial charge in [0.25, 0.3) is 0 Å². The minimum atomic E-state index is -0.185. The van der Waals surface area contributed by atoms with Gasteiger partial charge in [0.05, 0.1) is 17.5 Å². The zero-order valence-electron chi connectivity index (χ0n) is 12.0. The van der Waals surface area contributed by atoms with E-state index >= 15 is 0 Å². The molecule has 2 fully saturated rings. The third kappa shape index (κ3) is 2.48. The van der Waals surface area contributed by atoms with Crippen LogP contribution in [0.15, 0.2) is 18.2 Å². The fourth-order valence-electron chi connectivity index (χ4n) is 3.29. The van der Waals surface area contributed by atoms with Crippen LogP contribution >= 0.6 is 31.9 Å². The van der Waals surface area contributed by atoms with E-state index < -0.39 is 0 Å². The zero-order valence-corrected chi connectivity index (χ0v) is 15.1. The van der Waals surface area contributed by atoms with Gasteiger partial charge >= 0.3 is 0 Å². The maximum atomic E-state index is 12.7. The minimum absolute atomic E-state index is 0.0393. The van der Waals surface area contributed by atoms with Gasteiger partial charge in [0.2, 0.25) is 11.8 Å². The first kappa shape index (κ1) is 15.2. The van der Waals surface area contributed by atoms with Gasteiger partial charge in [0, 0.05) is 9.65 Å². The van der Waals surface area contributed by atoms with Crippen molar-refractivity contribution in [1.29, 1.82) is 0 Å². The fourth-order valence-corrected chi connectivity index (χ4v) is 4.53. The maximum absolute atomic E-state index is 12.7. The molecule has 112 valence electrons. The van der Waals surface area contributed by atoms with Gasteiger partial charge in [-0.05, 0) is 43.9 Å². The van der Waals surface area contributed by atoms with Crippen molar-refractivity contribution in [2.24, 2.45) is 11.8 Å². The van der Waals surface area contributed by atoms with Crippen LogP contribution in [0.3, 0.4) is 0 Å². The van der Waals surface area contributed by atoms with Gasteiger partial charge < -0.3 is 0 Å². The number of carbonyl (C=O) groups is 2. The van der Waals surface area contributed by atoms with Gasteiger partial charge in [-0.1, -0.05) is 44.0 Å². The number of amides is 2. The molecule has 0 bridgehead atoms. The van der Waals surface area contributed by atoms with Crippen molar-refractivity contribution in [3.63, 3.8) is 0 Å². The van der Waals surface area contributed by atoms with Crippen molar-refractivity contribution in [2.45, 2.75) is 36.3 Å². The van der Waals surface area contributed by atoms with E-state index in [1.165, 1.54) is 4.90 Å². The highest BCUT2D eigenvalue weighted by Crippen LogP contribution is 2.44. The summed E-state index contributed by atoms with van der Waals surface area (Å²) in [5, 5.41) is 0. The predicted octanol–water partition coefficient (Wildman–Crippen LogP) is 3.73. The summed E-state index contributed by atoms with van der Waals surface area (Å²) in [7, 11) is 0. The molecule has 1 aliphatic heterocycles. The van der Waals surface area contributed by atoms with Crippen LogP contribution in [0, 0.1) is 25.7 Å². The van der Waals surface area contributed by atoms with Gasteiger partial charge in [-0.25, -0.2) is 4.90 Å². The number of anilines is 1. The molecule has 0 radical (unpaired) electrons. The Balaban J connectivity index is 2.00. The van der Waals surface area contributed by atoms with Crippen molar-refractivity contribution in [1.82, 2.24) is 0 Å². The molecule has 0 N–H and O–H groups in total. The molecule has 1 aliphatic carbocycles. The second kappa shape index (κ2) is 5.51. The number of fused-ring (bicyclic) bond motifs is 1. The molecule has 2 aliphatic rings. The predicted molar refractivity (Wildman–Crippen MR) is 90.1 cm³/mol. The zero-order chi connectivity index (χ0) is 15.3. The number of imide groups is 1. The Labute approximate surface area is 141 Å². The average Bonchev–Trinajstić information content (AvgIpc) is 2.66. The molecule has 0 unspecified atom stereocenters. The largest absolute Gasteiger partial charge is 0.274 e. The molecule has 4 atom stereocenters. The topological polar surface area (TPSA) is 37.4 Å². The molecule has 1 heterocycles. The number of alkyl halides is 2. The van der Waals surface area contributed by atoms with Crippen LogP contribution in [-0.4, -0.2) is 21.5 Å². The van der Waals surface area contributed by atoms with E-state index in [1.807, 2.05) is 32.0 Å². The Kier molecular flexibility index (Phi) is 3.99. The van der Waals surface area contributed by atoms with E-state index in [1.54, 1.807) is 0 Å². The summed E-state index contributed by atoms with van der Waals surface area (Å²) >= 11 is 7.22. The number of carbonyl (C=O) groups excluding carboxylic acids is 2. The Hall–Kier alpha value is -0.680. The lowest BCUT2D eigenvalue weighted by atomic mass is 9.81. The van der Waals surface area contributed by atoms with Crippen LogP contribution in [0.2, 0.25) is 0 Å². The van der Waals surface area contributed by atoms with Crippen LogP contribution in [0.25, 0.3) is 0 Å². The summed E-state index contributed by atoms with van der Waals surface area (Å²) in [5.74, 6) is -0.448. The maximum Gasteiger partial charge on any atom is 0.237 e. The van der Waals surface area contributed by atoms with Crippen LogP contribution in [-0.2, 0) is 9.59 Å². The molecule has 0 spiro atoms. The van der Waals surface area contributed by atoms with Crippen molar-refractivity contribution < 1.29 is 9.59 Å². The first-order valence-corrected chi connectivity index (χ1v) is 8.96. The highest BCUT2D eigenvalue weighted by atomic mass is 79.9. The molecule has 5 heteroatoms. The van der Waals surface area contributed by atoms with Crippen LogP contribution in [0.5, 0.6) is 0 Å². The summed E-state index contributed by atoms with van der Waals surface area (Å²) in [6.45, 7) is 3.92. The first-order valence-electron chi connectivity index (χ1n) is 7.13. The normalized spacial score (nSPS) is 32.5. The molecule has 2 amide bonds. The Bertz CT molecular complexity index is 588. The Morgan fingerprint density at radius 2 is 1.52 bits per heavy atom. The van der Waals surface area contributed by atoms with Crippen molar-refractivity contribution in [3.8, 4) is 0 Å². The van der Waals surface area contributed by atoms with E-state index in [4.69, 9.17) is 0 Å². The molecular formula is C16H17Br2NO2. The standard InChI is InChI=1S/C16H17Br2NO2/c1-8-3-4-9(2)14(5-8)19-15(20)10-6-12(17)13(18)7-11(10)16(19)21/h3-5,10-13H,6-7H2,1-2H3/t10-,11-,12+,13+/m1/s1. The molecule has 0 aromatic heterocycles. The van der Waals surface area contributed by atoms with Gasteiger partial charge in [0.1, 0.15) is 0 Å². The van der Waals surface area contributed by atoms with Crippen molar-refractivity contribution >= 4 is 49.4 Å². The van der Waals surface area contributed by atoms with E-state index in [9.17, 15) is 9.59 Å². The molecule has 1 saturated heterocycles. The SMILES string of the molecule is Cc1ccc(C)c(N2C(=O)[C@@H]3C[C@H](Br)[C@@H](Br)C[C@H]3C2=O)c1. The van der Waals surface area contributed by atoms with Crippen LogP contribution in [0.1, 0.15) is 24.0 Å². The average molecular weight is 415 g/mol. The van der Waals surface area contributed by atoms with Crippen LogP contribution < -0.4 is 4.90 Å². The third-order valence-corrected chi connectivity index (χ3v) is 7.25. The number of halogens is 2. The first-order chi connectivity index (χ1) is 9.90. The number of hydrogen-bond acceptors (Lipinski definition) is 2. The van der Waals surface area contributed by atoms with Gasteiger partial charge in [0.15, 0.2) is 0 Å². The summed E-state index contributed by atoms with van der Waals surface area (Å²) in [5.41, 5.74) is 2.77. The lowest BCUT2D eigenvalue weighted by molar-refractivity contribution is -0.122. The number of rotatable bonds is 1. The minimum Gasteiger partial charge on any atom is -0.274 e. The van der Waals surface area contributed by atoms with E-state index in [2.05, 4.69) is 31.9 Å². The molecule has 21 heavy (non-hydrogen) atoms. The van der Waals surface area contributed by atoms with E-state index in [-0.39, 0.29) is 33.3 Å². The quantitative estimate of drug-likeness (QED) is 0.518.